The van der Waals surface area contributed by atoms with Gasteiger partial charge >= 0.3 is 11.9 Å². The molecule has 0 bridgehead atoms. The number of hydrogen-bond donors (Lipinski definition) is 1. The molecule has 0 radical (unpaired) electrons. The maximum absolute atomic E-state index is 12.6. The van der Waals surface area contributed by atoms with E-state index in [9.17, 15) is 14.7 Å². The van der Waals surface area contributed by atoms with E-state index in [0.29, 0.717) is 34.9 Å². The van der Waals surface area contributed by atoms with E-state index < -0.39 is 11.4 Å². The molecule has 5 heteroatoms. The summed E-state index contributed by atoms with van der Waals surface area (Å²) in [6.45, 7) is 10.8. The van der Waals surface area contributed by atoms with Crippen LogP contribution in [-0.4, -0.2) is 23.1 Å². The number of ether oxygens (including phenoxy) is 2. The predicted molar refractivity (Wildman–Crippen MR) is 132 cm³/mol. The van der Waals surface area contributed by atoms with Crippen molar-refractivity contribution in [2.75, 3.05) is 0 Å². The summed E-state index contributed by atoms with van der Waals surface area (Å²) in [4.78, 5) is 24.6. The van der Waals surface area contributed by atoms with Crippen molar-refractivity contribution in [3.8, 4) is 11.5 Å². The van der Waals surface area contributed by atoms with Crippen LogP contribution in [-0.2, 0) is 20.7 Å². The molecule has 4 rings (SSSR count). The van der Waals surface area contributed by atoms with E-state index in [1.165, 1.54) is 0 Å². The highest BCUT2D eigenvalue weighted by atomic mass is 16.5. The van der Waals surface area contributed by atoms with Crippen LogP contribution in [0.15, 0.2) is 66.7 Å². The molecule has 176 valence electrons. The minimum atomic E-state index is -0.588. The Balaban J connectivity index is 1.75. The van der Waals surface area contributed by atoms with Gasteiger partial charge in [-0.15, -0.1) is 0 Å². The number of carbonyl (C=O) groups is 2. The van der Waals surface area contributed by atoms with Crippen molar-refractivity contribution in [2.45, 2.75) is 52.6 Å². The van der Waals surface area contributed by atoms with Crippen molar-refractivity contribution in [2.24, 2.45) is 5.41 Å². The van der Waals surface area contributed by atoms with Crippen LogP contribution in [0, 0.1) is 5.41 Å². The monoisotopic (exact) mass is 458 g/mol. The van der Waals surface area contributed by atoms with Crippen molar-refractivity contribution in [3.63, 3.8) is 0 Å². The molecular formula is C29H30O5. The zero-order chi connectivity index (χ0) is 24.6. The number of benzene rings is 3. The second kappa shape index (κ2) is 8.98. The molecule has 1 N–H and O–H groups in total. The number of esters is 2. The fourth-order valence-electron chi connectivity index (χ4n) is 4.38. The fourth-order valence-corrected chi connectivity index (χ4v) is 4.38. The van der Waals surface area contributed by atoms with Gasteiger partial charge in [0, 0.05) is 34.2 Å². The first-order valence-corrected chi connectivity index (χ1v) is 11.5. The molecule has 3 aromatic carbocycles. The summed E-state index contributed by atoms with van der Waals surface area (Å²) < 4.78 is 11.4. The van der Waals surface area contributed by atoms with Crippen LogP contribution in [0.1, 0.15) is 56.7 Å². The molecule has 0 saturated heterocycles. The third kappa shape index (κ3) is 4.56. The molecule has 2 unspecified atom stereocenters. The van der Waals surface area contributed by atoms with Crippen molar-refractivity contribution in [1.29, 1.82) is 0 Å². The normalized spacial score (nSPS) is 17.6. The van der Waals surface area contributed by atoms with Crippen molar-refractivity contribution in [1.82, 2.24) is 0 Å². The summed E-state index contributed by atoms with van der Waals surface area (Å²) in [6, 6.07) is 17.0. The molecule has 34 heavy (non-hydrogen) atoms. The summed E-state index contributed by atoms with van der Waals surface area (Å²) in [6.07, 6.45) is 0.927. The van der Waals surface area contributed by atoms with E-state index in [2.05, 4.69) is 12.6 Å². The third-order valence-electron chi connectivity index (χ3n) is 6.21. The highest BCUT2D eigenvalue weighted by Crippen LogP contribution is 2.44. The zero-order valence-corrected chi connectivity index (χ0v) is 20.1. The van der Waals surface area contributed by atoms with Gasteiger partial charge in [0.15, 0.2) is 0 Å². The lowest BCUT2D eigenvalue weighted by atomic mass is 9.76. The van der Waals surface area contributed by atoms with Crippen LogP contribution in [0.25, 0.3) is 10.8 Å². The molecule has 0 heterocycles. The smallest absolute Gasteiger partial charge is 0.338 e. The molecule has 1 aliphatic rings. The van der Waals surface area contributed by atoms with E-state index in [1.54, 1.807) is 25.1 Å². The fraction of sp³-hybridized carbons (Fsp3) is 0.310. The predicted octanol–water partition coefficient (Wildman–Crippen LogP) is 6.06. The number of phenolic OH excluding ortho intramolecular Hbond substituents is 1. The molecule has 5 nitrogen and oxygen atoms in total. The van der Waals surface area contributed by atoms with Crippen molar-refractivity contribution < 1.29 is 24.2 Å². The summed E-state index contributed by atoms with van der Waals surface area (Å²) >= 11 is 0. The van der Waals surface area contributed by atoms with Gasteiger partial charge in [-0.1, -0.05) is 55.1 Å². The zero-order valence-electron chi connectivity index (χ0n) is 20.1. The second-order valence-electron chi connectivity index (χ2n) is 9.99. The van der Waals surface area contributed by atoms with Crippen LogP contribution in [0.5, 0.6) is 11.5 Å². The van der Waals surface area contributed by atoms with Crippen molar-refractivity contribution >= 4 is 22.7 Å². The van der Waals surface area contributed by atoms with Crippen LogP contribution in [0.3, 0.4) is 0 Å². The lowest BCUT2D eigenvalue weighted by Crippen LogP contribution is -2.33. The number of phenols is 1. The van der Waals surface area contributed by atoms with Gasteiger partial charge in [-0.05, 0) is 51.3 Å². The molecule has 0 saturated carbocycles. The molecule has 3 aromatic rings. The molecule has 1 aliphatic carbocycles. The van der Waals surface area contributed by atoms with E-state index in [0.717, 1.165) is 16.7 Å². The highest BCUT2D eigenvalue weighted by molar-refractivity contribution is 5.97. The van der Waals surface area contributed by atoms with Crippen LogP contribution in [0.4, 0.5) is 0 Å². The lowest BCUT2D eigenvalue weighted by molar-refractivity contribution is -0.159. The number of fused-ring (bicyclic) bond motifs is 2. The highest BCUT2D eigenvalue weighted by Gasteiger charge is 2.34. The van der Waals surface area contributed by atoms with Gasteiger partial charge in [0.2, 0.25) is 0 Å². The van der Waals surface area contributed by atoms with Gasteiger partial charge in [-0.3, -0.25) is 4.79 Å². The molecule has 0 aliphatic heterocycles. The topological polar surface area (TPSA) is 72.8 Å². The Labute approximate surface area is 200 Å². The Morgan fingerprint density at radius 1 is 0.971 bits per heavy atom. The maximum atomic E-state index is 12.6. The quantitative estimate of drug-likeness (QED) is 0.292. The largest absolute Gasteiger partial charge is 0.507 e. The molecule has 2 atom stereocenters. The van der Waals surface area contributed by atoms with Gasteiger partial charge in [-0.2, -0.15) is 0 Å². The SMILES string of the molecule is C=C(C)C(=O)Oc1cccc2c(O)c(C3CC(OC(=O)C(C)(C)C)Cc4ccccc43)ccc12. The van der Waals surface area contributed by atoms with Crippen LogP contribution >= 0.6 is 0 Å². The van der Waals surface area contributed by atoms with Crippen LogP contribution in [0.2, 0.25) is 0 Å². The standard InChI is InChI=1S/C29H30O5/c1-17(2)27(31)34-25-12-8-11-22-21(25)13-14-23(26(22)30)24-16-19(33-28(32)29(3,4)5)15-18-9-6-7-10-20(18)24/h6-14,19,24,30H,1,15-16H2,2-5H3. The van der Waals surface area contributed by atoms with E-state index in [-0.39, 0.29) is 23.7 Å². The minimum Gasteiger partial charge on any atom is -0.507 e. The molecule has 0 aromatic heterocycles. The van der Waals surface area contributed by atoms with Gasteiger partial charge in [0.05, 0.1) is 5.41 Å². The number of aromatic hydroxyl groups is 1. The summed E-state index contributed by atoms with van der Waals surface area (Å²) in [7, 11) is 0. The van der Waals surface area contributed by atoms with E-state index in [4.69, 9.17) is 9.47 Å². The summed E-state index contributed by atoms with van der Waals surface area (Å²) in [5, 5.41) is 12.6. The van der Waals surface area contributed by atoms with Gasteiger partial charge < -0.3 is 14.6 Å². The van der Waals surface area contributed by atoms with Gasteiger partial charge in [0.25, 0.3) is 0 Å². The molecule has 0 fully saturated rings. The van der Waals surface area contributed by atoms with Crippen molar-refractivity contribution in [3.05, 3.63) is 83.4 Å². The number of carbonyl (C=O) groups excluding carboxylic acids is 2. The van der Waals surface area contributed by atoms with E-state index in [1.807, 2.05) is 51.1 Å². The van der Waals surface area contributed by atoms with Gasteiger partial charge in [-0.25, -0.2) is 4.79 Å². The molecular weight excluding hydrogens is 428 g/mol. The summed E-state index contributed by atoms with van der Waals surface area (Å²) in [5.41, 5.74) is 2.68. The second-order valence-corrected chi connectivity index (χ2v) is 9.99. The first kappa shape index (κ1) is 23.6. The average molecular weight is 459 g/mol. The lowest BCUT2D eigenvalue weighted by Gasteiger charge is -2.33. The Morgan fingerprint density at radius 2 is 1.71 bits per heavy atom. The Morgan fingerprint density at radius 3 is 2.41 bits per heavy atom. The number of rotatable bonds is 4. The molecule has 0 spiro atoms. The Hall–Kier alpha value is -3.60. The molecule has 0 amide bonds. The first-order valence-electron chi connectivity index (χ1n) is 11.5. The average Bonchev–Trinajstić information content (AvgIpc) is 2.78. The van der Waals surface area contributed by atoms with Crippen LogP contribution < -0.4 is 4.74 Å². The van der Waals surface area contributed by atoms with Gasteiger partial charge in [0.1, 0.15) is 17.6 Å². The first-order chi connectivity index (χ1) is 16.1. The Bertz CT molecular complexity index is 1280. The Kier molecular flexibility index (Phi) is 6.22. The summed E-state index contributed by atoms with van der Waals surface area (Å²) in [5.74, 6) is -0.390. The maximum Gasteiger partial charge on any atom is 0.338 e. The van der Waals surface area contributed by atoms with E-state index >= 15 is 0 Å². The third-order valence-corrected chi connectivity index (χ3v) is 6.21. The number of hydrogen-bond acceptors (Lipinski definition) is 5. The minimum absolute atomic E-state index is 0.133.